The van der Waals surface area contributed by atoms with Crippen molar-refractivity contribution in [1.29, 1.82) is 0 Å². The molecule has 1 saturated carbocycles. The number of rotatable bonds is 9. The smallest absolute Gasteiger partial charge is 0.309 e. The highest BCUT2D eigenvalue weighted by atomic mass is 16.5. The number of carbonyl (C=O) groups is 2. The molecule has 0 spiro atoms. The van der Waals surface area contributed by atoms with Crippen LogP contribution in [0.15, 0.2) is 52.9 Å². The van der Waals surface area contributed by atoms with Crippen molar-refractivity contribution in [2.75, 3.05) is 6.61 Å². The van der Waals surface area contributed by atoms with Crippen molar-refractivity contribution >= 4 is 11.9 Å². The first-order chi connectivity index (χ1) is 15.4. The van der Waals surface area contributed by atoms with Crippen LogP contribution in [0.2, 0.25) is 0 Å². The van der Waals surface area contributed by atoms with Crippen LogP contribution in [0.3, 0.4) is 0 Å². The van der Waals surface area contributed by atoms with Gasteiger partial charge in [0.2, 0.25) is 11.8 Å². The quantitative estimate of drug-likeness (QED) is 0.522. The minimum Gasteiger partial charge on any atom is -0.493 e. The Morgan fingerprint density at radius 3 is 2.38 bits per heavy atom. The molecular formula is C25H26N2O5. The number of carbonyl (C=O) groups excluding carboxylic acids is 1. The van der Waals surface area contributed by atoms with Gasteiger partial charge in [0.1, 0.15) is 11.5 Å². The lowest BCUT2D eigenvalue weighted by Crippen LogP contribution is -2.39. The van der Waals surface area contributed by atoms with Crippen LogP contribution in [0.1, 0.15) is 46.6 Å². The second-order valence-corrected chi connectivity index (χ2v) is 8.32. The molecule has 0 unspecified atom stereocenters. The number of carboxylic acid groups (broad SMARTS) is 1. The van der Waals surface area contributed by atoms with Crippen molar-refractivity contribution in [3.05, 3.63) is 71.1 Å². The Bertz CT molecular complexity index is 1110. The van der Waals surface area contributed by atoms with E-state index in [1.54, 1.807) is 24.3 Å². The lowest BCUT2D eigenvalue weighted by molar-refractivity contribution is -0.154. The molecule has 166 valence electrons. The highest BCUT2D eigenvalue weighted by Gasteiger charge is 2.44. The van der Waals surface area contributed by atoms with Crippen LogP contribution in [0.25, 0.3) is 11.5 Å². The van der Waals surface area contributed by atoms with Crippen LogP contribution < -0.4 is 10.5 Å². The van der Waals surface area contributed by atoms with Gasteiger partial charge in [-0.1, -0.05) is 18.6 Å². The van der Waals surface area contributed by atoms with E-state index in [0.717, 1.165) is 47.6 Å². The van der Waals surface area contributed by atoms with Gasteiger partial charge in [0, 0.05) is 17.5 Å². The summed E-state index contributed by atoms with van der Waals surface area (Å²) in [6.45, 7) is 2.29. The summed E-state index contributed by atoms with van der Waals surface area (Å²) in [5.74, 6) is 0.763. The van der Waals surface area contributed by atoms with E-state index in [-0.39, 0.29) is 0 Å². The number of amides is 1. The summed E-state index contributed by atoms with van der Waals surface area (Å²) in [5.41, 5.74) is 7.71. The number of primary amides is 1. The highest BCUT2D eigenvalue weighted by molar-refractivity contribution is 5.93. The Balaban J connectivity index is 1.32. The minimum absolute atomic E-state index is 0.433. The Morgan fingerprint density at radius 1 is 1.12 bits per heavy atom. The Hall–Kier alpha value is -3.61. The number of nitrogens with zero attached hydrogens (tertiary/aromatic N) is 1. The summed E-state index contributed by atoms with van der Waals surface area (Å²) in [5, 5.41) is 9.50. The summed E-state index contributed by atoms with van der Waals surface area (Å²) in [4.78, 5) is 27.3. The molecule has 0 bridgehead atoms. The Kier molecular flexibility index (Phi) is 5.99. The van der Waals surface area contributed by atoms with Gasteiger partial charge in [-0.3, -0.25) is 9.59 Å². The summed E-state index contributed by atoms with van der Waals surface area (Å²) in [6, 6.07) is 14.4. The fraction of sp³-hybridized carbons (Fsp3) is 0.320. The average Bonchev–Trinajstić information content (AvgIpc) is 3.12. The molecule has 1 heterocycles. The lowest BCUT2D eigenvalue weighted by atomic mass is 9.65. The number of nitrogens with two attached hydrogens (primary N) is 1. The van der Waals surface area contributed by atoms with E-state index in [2.05, 4.69) is 4.98 Å². The van der Waals surface area contributed by atoms with Crippen molar-refractivity contribution in [3.63, 3.8) is 0 Å². The number of carboxylic acids is 1. The van der Waals surface area contributed by atoms with Crippen molar-refractivity contribution < 1.29 is 23.8 Å². The molecule has 0 radical (unpaired) electrons. The van der Waals surface area contributed by atoms with Gasteiger partial charge in [0.15, 0.2) is 0 Å². The zero-order valence-electron chi connectivity index (χ0n) is 18.0. The maximum atomic E-state index is 11.6. The van der Waals surface area contributed by atoms with Gasteiger partial charge < -0.3 is 20.0 Å². The van der Waals surface area contributed by atoms with E-state index in [0.29, 0.717) is 30.9 Å². The van der Waals surface area contributed by atoms with Gasteiger partial charge >= 0.3 is 5.97 Å². The molecule has 0 atom stereocenters. The first-order valence-corrected chi connectivity index (χ1v) is 10.7. The predicted octanol–water partition coefficient (Wildman–Crippen LogP) is 4.17. The summed E-state index contributed by atoms with van der Waals surface area (Å²) < 4.78 is 11.6. The summed E-state index contributed by atoms with van der Waals surface area (Å²) in [7, 11) is 0. The van der Waals surface area contributed by atoms with Gasteiger partial charge in [-0.05, 0) is 68.1 Å². The molecule has 1 amide bonds. The molecule has 0 aliphatic heterocycles. The van der Waals surface area contributed by atoms with Crippen molar-refractivity contribution in [2.45, 2.75) is 39.0 Å². The topological polar surface area (TPSA) is 116 Å². The monoisotopic (exact) mass is 434 g/mol. The van der Waals surface area contributed by atoms with Gasteiger partial charge in [-0.15, -0.1) is 0 Å². The Labute approximate surface area is 186 Å². The molecule has 2 aromatic carbocycles. The standard InChI is InChI=1S/C25H26N2O5/c1-16-21(27-23(32-16)19-7-5-18(6-8-19)22(26)28)11-14-31-20-9-3-17(4-10-20)15-25(24(29)30)12-2-13-25/h3-10H,2,11-15H2,1H3,(H2,26,28)(H,29,30). The van der Waals surface area contributed by atoms with Crippen molar-refractivity contribution in [1.82, 2.24) is 4.98 Å². The number of ether oxygens (including phenoxy) is 1. The normalized spacial score (nSPS) is 14.5. The van der Waals surface area contributed by atoms with Crippen LogP contribution in [-0.4, -0.2) is 28.6 Å². The number of hydrogen-bond donors (Lipinski definition) is 2. The zero-order valence-corrected chi connectivity index (χ0v) is 18.0. The van der Waals surface area contributed by atoms with Crippen molar-refractivity contribution in [3.8, 4) is 17.2 Å². The fourth-order valence-electron chi connectivity index (χ4n) is 3.99. The second kappa shape index (κ2) is 8.86. The molecule has 0 saturated heterocycles. The van der Waals surface area contributed by atoms with Crippen LogP contribution in [0.5, 0.6) is 5.75 Å². The number of aromatic nitrogens is 1. The van der Waals surface area contributed by atoms with Crippen LogP contribution in [0, 0.1) is 12.3 Å². The number of benzene rings is 2. The lowest BCUT2D eigenvalue weighted by Gasteiger charge is -2.37. The summed E-state index contributed by atoms with van der Waals surface area (Å²) >= 11 is 0. The molecule has 4 rings (SSSR count). The van der Waals surface area contributed by atoms with Gasteiger partial charge in [-0.2, -0.15) is 0 Å². The Morgan fingerprint density at radius 2 is 1.81 bits per heavy atom. The van der Waals surface area contributed by atoms with E-state index < -0.39 is 17.3 Å². The average molecular weight is 434 g/mol. The highest BCUT2D eigenvalue weighted by Crippen LogP contribution is 2.44. The van der Waals surface area contributed by atoms with E-state index in [1.807, 2.05) is 31.2 Å². The molecule has 7 nitrogen and oxygen atoms in total. The first kappa shape index (κ1) is 21.6. The molecule has 1 aliphatic rings. The predicted molar refractivity (Wildman–Crippen MR) is 118 cm³/mol. The molecule has 3 N–H and O–H groups in total. The van der Waals surface area contributed by atoms with Crippen LogP contribution >= 0.6 is 0 Å². The van der Waals surface area contributed by atoms with Crippen LogP contribution in [-0.2, 0) is 17.6 Å². The number of aryl methyl sites for hydroxylation is 1. The fourth-order valence-corrected chi connectivity index (χ4v) is 3.99. The maximum Gasteiger partial charge on any atom is 0.309 e. The largest absolute Gasteiger partial charge is 0.493 e. The first-order valence-electron chi connectivity index (χ1n) is 10.7. The second-order valence-electron chi connectivity index (χ2n) is 8.32. The molecular weight excluding hydrogens is 408 g/mol. The van der Waals surface area contributed by atoms with E-state index >= 15 is 0 Å². The molecule has 3 aromatic rings. The third-order valence-electron chi connectivity index (χ3n) is 6.15. The zero-order chi connectivity index (χ0) is 22.7. The molecule has 1 fully saturated rings. The maximum absolute atomic E-state index is 11.6. The molecule has 32 heavy (non-hydrogen) atoms. The van der Waals surface area contributed by atoms with Gasteiger partial charge in [0.05, 0.1) is 17.7 Å². The third-order valence-corrected chi connectivity index (χ3v) is 6.15. The van der Waals surface area contributed by atoms with Gasteiger partial charge in [0.25, 0.3) is 0 Å². The summed E-state index contributed by atoms with van der Waals surface area (Å²) in [6.07, 6.45) is 3.61. The van der Waals surface area contributed by atoms with E-state index in [4.69, 9.17) is 14.9 Å². The van der Waals surface area contributed by atoms with Gasteiger partial charge in [-0.25, -0.2) is 4.98 Å². The van der Waals surface area contributed by atoms with Crippen molar-refractivity contribution in [2.24, 2.45) is 11.1 Å². The molecule has 7 heteroatoms. The van der Waals surface area contributed by atoms with E-state index in [9.17, 15) is 14.7 Å². The van der Waals surface area contributed by atoms with E-state index in [1.165, 1.54) is 0 Å². The number of aliphatic carboxylic acids is 1. The van der Waals surface area contributed by atoms with Crippen LogP contribution in [0.4, 0.5) is 0 Å². The number of hydrogen-bond acceptors (Lipinski definition) is 5. The molecule has 1 aromatic heterocycles. The third kappa shape index (κ3) is 4.51. The number of oxazole rings is 1. The molecule has 1 aliphatic carbocycles. The minimum atomic E-state index is -0.699. The SMILES string of the molecule is Cc1oc(-c2ccc(C(N)=O)cc2)nc1CCOc1ccc(CC2(C(=O)O)CCC2)cc1.